The lowest BCUT2D eigenvalue weighted by Gasteiger charge is -2.09. The van der Waals surface area contributed by atoms with Gasteiger partial charge in [0.1, 0.15) is 0 Å². The van der Waals surface area contributed by atoms with Gasteiger partial charge in [0.15, 0.2) is 0 Å². The first-order valence-corrected chi connectivity index (χ1v) is 4.73. The molecule has 1 aromatic rings. The fraction of sp³-hybridized carbons (Fsp3) is 0.250. The lowest BCUT2D eigenvalue weighted by Crippen LogP contribution is -2.12. The molecule has 2 nitrogen and oxygen atoms in total. The van der Waals surface area contributed by atoms with Crippen molar-refractivity contribution in [2.24, 2.45) is 5.10 Å². The standard InChI is InChI=1S/C12H12N2/c1-2-9-13-14-12-8-7-10-5-3-4-6-11(10)12/h1,3-6,9,12,14H,7-8H2/b13-9+/t12-/m1/s1. The van der Waals surface area contributed by atoms with E-state index in [4.69, 9.17) is 6.42 Å². The molecule has 1 N–H and O–H groups in total. The number of rotatable bonds is 2. The van der Waals surface area contributed by atoms with Crippen molar-refractivity contribution >= 4 is 6.21 Å². The van der Waals surface area contributed by atoms with Crippen LogP contribution in [0, 0.1) is 12.3 Å². The number of hydrogen-bond donors (Lipinski definition) is 1. The minimum atomic E-state index is 0.329. The molecule has 0 amide bonds. The minimum Gasteiger partial charge on any atom is -0.302 e. The van der Waals surface area contributed by atoms with E-state index in [0.717, 1.165) is 12.8 Å². The molecule has 0 saturated heterocycles. The number of aryl methyl sites for hydroxylation is 1. The van der Waals surface area contributed by atoms with Crippen molar-refractivity contribution in [2.75, 3.05) is 0 Å². The maximum Gasteiger partial charge on any atom is 0.0963 e. The molecule has 14 heavy (non-hydrogen) atoms. The topological polar surface area (TPSA) is 24.4 Å². The van der Waals surface area contributed by atoms with E-state index in [1.165, 1.54) is 17.3 Å². The Balaban J connectivity index is 2.11. The first kappa shape index (κ1) is 8.83. The molecule has 0 aromatic heterocycles. The van der Waals surface area contributed by atoms with Gasteiger partial charge < -0.3 is 5.43 Å². The second-order valence-corrected chi connectivity index (χ2v) is 3.34. The maximum absolute atomic E-state index is 5.07. The molecule has 0 fully saturated rings. The minimum absolute atomic E-state index is 0.329. The van der Waals surface area contributed by atoms with Gasteiger partial charge in [0.25, 0.3) is 0 Å². The number of fused-ring (bicyclic) bond motifs is 1. The molecule has 1 atom stereocenters. The van der Waals surface area contributed by atoms with Crippen molar-refractivity contribution in [3.05, 3.63) is 35.4 Å². The fourth-order valence-electron chi connectivity index (χ4n) is 1.86. The maximum atomic E-state index is 5.07. The molecule has 0 saturated carbocycles. The zero-order valence-electron chi connectivity index (χ0n) is 7.90. The average Bonchev–Trinajstić information content (AvgIpc) is 2.63. The number of benzene rings is 1. The summed E-state index contributed by atoms with van der Waals surface area (Å²) in [5.74, 6) is 2.36. The molecule has 0 bridgehead atoms. The Labute approximate surface area is 84.0 Å². The predicted molar refractivity (Wildman–Crippen MR) is 58.0 cm³/mol. The smallest absolute Gasteiger partial charge is 0.0963 e. The van der Waals surface area contributed by atoms with Gasteiger partial charge in [-0.25, -0.2) is 0 Å². The van der Waals surface area contributed by atoms with Crippen LogP contribution in [-0.2, 0) is 6.42 Å². The van der Waals surface area contributed by atoms with Gasteiger partial charge in [-0.15, -0.1) is 6.42 Å². The van der Waals surface area contributed by atoms with Crippen molar-refractivity contribution in [2.45, 2.75) is 18.9 Å². The first-order valence-electron chi connectivity index (χ1n) is 4.73. The van der Waals surface area contributed by atoms with E-state index >= 15 is 0 Å². The number of nitrogens with zero attached hydrogens (tertiary/aromatic N) is 1. The zero-order valence-corrected chi connectivity index (χ0v) is 7.90. The third kappa shape index (κ3) is 1.62. The fourth-order valence-corrected chi connectivity index (χ4v) is 1.86. The quantitative estimate of drug-likeness (QED) is 0.423. The number of nitrogens with one attached hydrogen (secondary N) is 1. The van der Waals surface area contributed by atoms with E-state index in [1.807, 2.05) is 0 Å². The Morgan fingerprint density at radius 1 is 1.50 bits per heavy atom. The SMILES string of the molecule is C#C/C=N/N[C@@H]1CCc2ccccc21. The highest BCUT2D eigenvalue weighted by Gasteiger charge is 2.20. The van der Waals surface area contributed by atoms with Gasteiger partial charge >= 0.3 is 0 Å². The van der Waals surface area contributed by atoms with E-state index < -0.39 is 0 Å². The Bertz CT molecular complexity index is 388. The van der Waals surface area contributed by atoms with Crippen molar-refractivity contribution in [3.8, 4) is 12.3 Å². The van der Waals surface area contributed by atoms with Crippen molar-refractivity contribution in [1.29, 1.82) is 0 Å². The summed E-state index contributed by atoms with van der Waals surface area (Å²) >= 11 is 0. The Morgan fingerprint density at radius 3 is 3.21 bits per heavy atom. The van der Waals surface area contributed by atoms with Crippen LogP contribution in [0.15, 0.2) is 29.4 Å². The zero-order chi connectivity index (χ0) is 9.80. The summed E-state index contributed by atoms with van der Waals surface area (Å²) in [7, 11) is 0. The summed E-state index contributed by atoms with van der Waals surface area (Å²) in [5, 5.41) is 3.96. The lowest BCUT2D eigenvalue weighted by molar-refractivity contribution is 0.556. The van der Waals surface area contributed by atoms with E-state index in [1.54, 1.807) is 0 Å². The highest BCUT2D eigenvalue weighted by atomic mass is 15.3. The molecule has 0 spiro atoms. The average molecular weight is 184 g/mol. The van der Waals surface area contributed by atoms with Crippen LogP contribution in [0.4, 0.5) is 0 Å². The summed E-state index contributed by atoms with van der Waals surface area (Å²) in [6, 6.07) is 8.78. The third-order valence-electron chi connectivity index (χ3n) is 2.50. The van der Waals surface area contributed by atoms with E-state index in [-0.39, 0.29) is 0 Å². The Kier molecular flexibility index (Phi) is 2.51. The molecular weight excluding hydrogens is 172 g/mol. The van der Waals surface area contributed by atoms with Gasteiger partial charge in [-0.2, -0.15) is 5.10 Å². The van der Waals surface area contributed by atoms with Crippen LogP contribution >= 0.6 is 0 Å². The molecule has 0 heterocycles. The van der Waals surface area contributed by atoms with E-state index in [2.05, 4.69) is 40.7 Å². The third-order valence-corrected chi connectivity index (χ3v) is 2.50. The summed E-state index contributed by atoms with van der Waals surface area (Å²) in [6.07, 6.45) is 8.74. The molecule has 2 rings (SSSR count). The normalized spacial score (nSPS) is 19.2. The van der Waals surface area contributed by atoms with Gasteiger partial charge in [0.05, 0.1) is 12.3 Å². The largest absolute Gasteiger partial charge is 0.302 e. The monoisotopic (exact) mass is 184 g/mol. The van der Waals surface area contributed by atoms with Gasteiger partial charge in [-0.1, -0.05) is 30.2 Å². The van der Waals surface area contributed by atoms with Gasteiger partial charge in [-0.05, 0) is 24.0 Å². The van der Waals surface area contributed by atoms with Gasteiger partial charge in [-0.3, -0.25) is 0 Å². The molecule has 1 aromatic carbocycles. The van der Waals surface area contributed by atoms with Crippen LogP contribution < -0.4 is 5.43 Å². The molecule has 70 valence electrons. The van der Waals surface area contributed by atoms with Crippen LogP contribution in [0.2, 0.25) is 0 Å². The number of hydrogen-bond acceptors (Lipinski definition) is 2. The summed E-state index contributed by atoms with van der Waals surface area (Å²) < 4.78 is 0. The van der Waals surface area contributed by atoms with Crippen LogP contribution in [0.5, 0.6) is 0 Å². The molecule has 0 unspecified atom stereocenters. The molecule has 0 aliphatic heterocycles. The number of terminal acetylenes is 1. The summed E-state index contributed by atoms with van der Waals surface area (Å²) in [6.45, 7) is 0. The predicted octanol–water partition coefficient (Wildman–Crippen LogP) is 1.88. The Morgan fingerprint density at radius 2 is 2.36 bits per heavy atom. The highest BCUT2D eigenvalue weighted by Crippen LogP contribution is 2.30. The van der Waals surface area contributed by atoms with Crippen molar-refractivity contribution < 1.29 is 0 Å². The van der Waals surface area contributed by atoms with E-state index in [9.17, 15) is 0 Å². The molecule has 0 radical (unpaired) electrons. The number of hydrazone groups is 1. The van der Waals surface area contributed by atoms with Crippen LogP contribution in [-0.4, -0.2) is 6.21 Å². The summed E-state index contributed by atoms with van der Waals surface area (Å²) in [4.78, 5) is 0. The molecule has 2 heteroatoms. The van der Waals surface area contributed by atoms with Crippen molar-refractivity contribution in [3.63, 3.8) is 0 Å². The lowest BCUT2D eigenvalue weighted by atomic mass is 10.1. The van der Waals surface area contributed by atoms with Crippen LogP contribution in [0.25, 0.3) is 0 Å². The second kappa shape index (κ2) is 3.97. The van der Waals surface area contributed by atoms with E-state index in [0.29, 0.717) is 6.04 Å². The van der Waals surface area contributed by atoms with Crippen LogP contribution in [0.1, 0.15) is 23.6 Å². The van der Waals surface area contributed by atoms with Gasteiger partial charge in [0, 0.05) is 0 Å². The van der Waals surface area contributed by atoms with Gasteiger partial charge in [0.2, 0.25) is 0 Å². The Hall–Kier alpha value is -1.75. The molecule has 1 aliphatic rings. The molecular formula is C12H12N2. The van der Waals surface area contributed by atoms with Crippen LogP contribution in [0.3, 0.4) is 0 Å². The molecule has 1 aliphatic carbocycles. The second-order valence-electron chi connectivity index (χ2n) is 3.34. The summed E-state index contributed by atoms with van der Waals surface area (Å²) in [5.41, 5.74) is 5.83. The first-order chi connectivity index (χ1) is 6.92. The van der Waals surface area contributed by atoms with Crippen molar-refractivity contribution in [1.82, 2.24) is 5.43 Å². The highest BCUT2D eigenvalue weighted by molar-refractivity contribution is 5.76.